The summed E-state index contributed by atoms with van der Waals surface area (Å²) in [7, 11) is 0. The second-order valence-corrected chi connectivity index (χ2v) is 5.26. The first-order chi connectivity index (χ1) is 9.22. The van der Waals surface area contributed by atoms with E-state index >= 15 is 0 Å². The molecule has 1 aliphatic rings. The molecule has 2 heterocycles. The molecule has 5 nitrogen and oxygen atoms in total. The lowest BCUT2D eigenvalue weighted by atomic mass is 10.1. The van der Waals surface area contributed by atoms with Crippen LogP contribution in [-0.2, 0) is 6.54 Å². The Labute approximate surface area is 112 Å². The van der Waals surface area contributed by atoms with Gasteiger partial charge in [-0.1, -0.05) is 11.2 Å². The number of aromatic nitrogens is 3. The highest BCUT2D eigenvalue weighted by molar-refractivity contribution is 5.53. The Balaban J connectivity index is 1.68. The number of pyridine rings is 1. The molecule has 1 aliphatic carbocycles. The van der Waals surface area contributed by atoms with E-state index in [-0.39, 0.29) is 0 Å². The maximum absolute atomic E-state index is 5.24. The highest BCUT2D eigenvalue weighted by Crippen LogP contribution is 2.27. The SMILES string of the molecule is Cc1cnc(-c2noc(CNCC3CC3)n2)c(C)c1. The first-order valence-corrected chi connectivity index (χ1v) is 6.69. The maximum Gasteiger partial charge on any atom is 0.240 e. The molecule has 3 rings (SSSR count). The second kappa shape index (κ2) is 5.09. The predicted octanol–water partition coefficient (Wildman–Crippen LogP) is 2.25. The van der Waals surface area contributed by atoms with Gasteiger partial charge in [0.25, 0.3) is 0 Å². The van der Waals surface area contributed by atoms with E-state index in [1.54, 1.807) is 0 Å². The van der Waals surface area contributed by atoms with Gasteiger partial charge < -0.3 is 9.84 Å². The number of hydrogen-bond donors (Lipinski definition) is 1. The maximum atomic E-state index is 5.24. The van der Waals surface area contributed by atoms with Gasteiger partial charge in [-0.2, -0.15) is 4.98 Å². The Morgan fingerprint density at radius 1 is 1.37 bits per heavy atom. The van der Waals surface area contributed by atoms with Crippen LogP contribution in [0.1, 0.15) is 29.9 Å². The molecule has 0 saturated heterocycles. The van der Waals surface area contributed by atoms with Gasteiger partial charge >= 0.3 is 0 Å². The number of nitrogens with zero attached hydrogens (tertiary/aromatic N) is 3. The van der Waals surface area contributed by atoms with Crippen molar-refractivity contribution in [3.05, 3.63) is 29.3 Å². The Kier molecular flexibility index (Phi) is 3.29. The van der Waals surface area contributed by atoms with Crippen molar-refractivity contribution in [2.24, 2.45) is 5.92 Å². The Morgan fingerprint density at radius 3 is 2.95 bits per heavy atom. The summed E-state index contributed by atoms with van der Waals surface area (Å²) in [5.74, 6) is 2.04. The number of aryl methyl sites for hydroxylation is 2. The molecule has 2 aromatic rings. The molecule has 0 aromatic carbocycles. The quantitative estimate of drug-likeness (QED) is 0.891. The van der Waals surface area contributed by atoms with Crippen LogP contribution in [0.15, 0.2) is 16.8 Å². The standard InChI is InChI=1S/C14H18N4O/c1-9-5-10(2)13(16-6-9)14-17-12(19-18-14)8-15-7-11-3-4-11/h5-6,11,15H,3-4,7-8H2,1-2H3. The topological polar surface area (TPSA) is 63.8 Å². The first kappa shape index (κ1) is 12.3. The predicted molar refractivity (Wildman–Crippen MR) is 71.4 cm³/mol. The summed E-state index contributed by atoms with van der Waals surface area (Å²) in [5, 5.41) is 7.34. The van der Waals surface area contributed by atoms with E-state index in [1.807, 2.05) is 20.0 Å². The van der Waals surface area contributed by atoms with Gasteiger partial charge in [0.05, 0.1) is 6.54 Å². The van der Waals surface area contributed by atoms with Gasteiger partial charge in [-0.25, -0.2) is 0 Å². The fourth-order valence-corrected chi connectivity index (χ4v) is 2.08. The van der Waals surface area contributed by atoms with Crippen LogP contribution < -0.4 is 5.32 Å². The van der Waals surface area contributed by atoms with E-state index in [2.05, 4.69) is 26.5 Å². The molecular weight excluding hydrogens is 240 g/mol. The van der Waals surface area contributed by atoms with Crippen LogP contribution in [0.3, 0.4) is 0 Å². The fourth-order valence-electron chi connectivity index (χ4n) is 2.08. The zero-order chi connectivity index (χ0) is 13.2. The van der Waals surface area contributed by atoms with Gasteiger partial charge in [0.1, 0.15) is 5.69 Å². The molecule has 0 spiro atoms. The molecule has 0 atom stereocenters. The van der Waals surface area contributed by atoms with Crippen LogP contribution in [0, 0.1) is 19.8 Å². The molecule has 2 aromatic heterocycles. The van der Waals surface area contributed by atoms with E-state index in [1.165, 1.54) is 12.8 Å². The summed E-state index contributed by atoms with van der Waals surface area (Å²) in [5.41, 5.74) is 3.00. The molecule has 0 aliphatic heterocycles. The van der Waals surface area contributed by atoms with Crippen LogP contribution in [0.4, 0.5) is 0 Å². The Bertz CT molecular complexity index is 575. The molecular formula is C14H18N4O. The van der Waals surface area contributed by atoms with Crippen molar-refractivity contribution in [1.29, 1.82) is 0 Å². The van der Waals surface area contributed by atoms with Crippen molar-refractivity contribution in [3.63, 3.8) is 0 Å². The average Bonchev–Trinajstić information content (AvgIpc) is 3.07. The zero-order valence-electron chi connectivity index (χ0n) is 11.3. The lowest BCUT2D eigenvalue weighted by Crippen LogP contribution is -2.16. The molecule has 100 valence electrons. The highest BCUT2D eigenvalue weighted by Gasteiger charge is 2.20. The van der Waals surface area contributed by atoms with Crippen LogP contribution in [-0.4, -0.2) is 21.7 Å². The Morgan fingerprint density at radius 2 is 2.21 bits per heavy atom. The van der Waals surface area contributed by atoms with Crippen LogP contribution in [0.5, 0.6) is 0 Å². The van der Waals surface area contributed by atoms with Crippen molar-refractivity contribution in [2.75, 3.05) is 6.54 Å². The normalized spacial score (nSPS) is 14.8. The summed E-state index contributed by atoms with van der Waals surface area (Å²) >= 11 is 0. The van der Waals surface area contributed by atoms with E-state index in [0.29, 0.717) is 18.3 Å². The van der Waals surface area contributed by atoms with Crippen LogP contribution in [0.25, 0.3) is 11.5 Å². The third-order valence-electron chi connectivity index (χ3n) is 3.30. The molecule has 0 amide bonds. The molecule has 1 N–H and O–H groups in total. The third kappa shape index (κ3) is 2.98. The fraction of sp³-hybridized carbons (Fsp3) is 0.500. The summed E-state index contributed by atoms with van der Waals surface area (Å²) in [6.45, 7) is 5.71. The molecule has 0 bridgehead atoms. The van der Waals surface area contributed by atoms with E-state index in [0.717, 1.165) is 29.3 Å². The minimum Gasteiger partial charge on any atom is -0.337 e. The summed E-state index contributed by atoms with van der Waals surface area (Å²) in [6.07, 6.45) is 4.51. The Hall–Kier alpha value is -1.75. The van der Waals surface area contributed by atoms with Crippen molar-refractivity contribution in [2.45, 2.75) is 33.2 Å². The molecule has 1 fully saturated rings. The van der Waals surface area contributed by atoms with Gasteiger partial charge in [0.2, 0.25) is 11.7 Å². The molecule has 0 radical (unpaired) electrons. The van der Waals surface area contributed by atoms with Gasteiger partial charge in [-0.3, -0.25) is 4.98 Å². The molecule has 1 saturated carbocycles. The van der Waals surface area contributed by atoms with Crippen LogP contribution in [0.2, 0.25) is 0 Å². The smallest absolute Gasteiger partial charge is 0.240 e. The number of hydrogen-bond acceptors (Lipinski definition) is 5. The number of nitrogens with one attached hydrogen (secondary N) is 1. The minimum atomic E-state index is 0.570. The van der Waals surface area contributed by atoms with E-state index in [9.17, 15) is 0 Å². The minimum absolute atomic E-state index is 0.570. The van der Waals surface area contributed by atoms with Crippen LogP contribution >= 0.6 is 0 Å². The van der Waals surface area contributed by atoms with Gasteiger partial charge in [-0.15, -0.1) is 0 Å². The third-order valence-corrected chi connectivity index (χ3v) is 3.30. The summed E-state index contributed by atoms with van der Waals surface area (Å²) in [6, 6.07) is 2.07. The molecule has 19 heavy (non-hydrogen) atoms. The van der Waals surface area contributed by atoms with Gasteiger partial charge in [0, 0.05) is 6.20 Å². The van der Waals surface area contributed by atoms with Gasteiger partial charge in [0.15, 0.2) is 0 Å². The number of rotatable bonds is 5. The molecule has 0 unspecified atom stereocenters. The largest absolute Gasteiger partial charge is 0.337 e. The van der Waals surface area contributed by atoms with E-state index in [4.69, 9.17) is 4.52 Å². The average molecular weight is 258 g/mol. The second-order valence-electron chi connectivity index (χ2n) is 5.26. The van der Waals surface area contributed by atoms with Crippen molar-refractivity contribution in [1.82, 2.24) is 20.4 Å². The molecule has 5 heteroatoms. The zero-order valence-corrected chi connectivity index (χ0v) is 11.3. The lowest BCUT2D eigenvalue weighted by molar-refractivity contribution is 0.367. The lowest BCUT2D eigenvalue weighted by Gasteiger charge is -2.00. The van der Waals surface area contributed by atoms with Crippen molar-refractivity contribution >= 4 is 0 Å². The van der Waals surface area contributed by atoms with Gasteiger partial charge in [-0.05, 0) is 50.3 Å². The first-order valence-electron chi connectivity index (χ1n) is 6.69. The summed E-state index contributed by atoms with van der Waals surface area (Å²) in [4.78, 5) is 8.76. The van der Waals surface area contributed by atoms with E-state index < -0.39 is 0 Å². The summed E-state index contributed by atoms with van der Waals surface area (Å²) < 4.78 is 5.24. The van der Waals surface area contributed by atoms with Crippen molar-refractivity contribution < 1.29 is 4.52 Å². The highest BCUT2D eigenvalue weighted by atomic mass is 16.5. The van der Waals surface area contributed by atoms with Crippen molar-refractivity contribution in [3.8, 4) is 11.5 Å². The monoisotopic (exact) mass is 258 g/mol.